The Morgan fingerprint density at radius 1 is 1.14 bits per heavy atom. The summed E-state index contributed by atoms with van der Waals surface area (Å²) in [4.78, 5) is 0. The zero-order valence-electron chi connectivity index (χ0n) is 15.5. The third kappa shape index (κ3) is 5.85. The fourth-order valence-electron chi connectivity index (χ4n) is 3.01. The third-order valence-electron chi connectivity index (χ3n) is 5.22. The third-order valence-corrected chi connectivity index (χ3v) is 5.22. The van der Waals surface area contributed by atoms with Gasteiger partial charge in [0.15, 0.2) is 0 Å². The van der Waals surface area contributed by atoms with Crippen molar-refractivity contribution in [1.82, 2.24) is 0 Å². The molecular formula is C21H36. The van der Waals surface area contributed by atoms with E-state index in [1.54, 1.807) is 11.1 Å². The lowest BCUT2D eigenvalue weighted by Crippen LogP contribution is -2.12. The molecule has 0 nitrogen and oxygen atoms in total. The van der Waals surface area contributed by atoms with Crippen LogP contribution < -0.4 is 0 Å². The van der Waals surface area contributed by atoms with Gasteiger partial charge in [-0.3, -0.25) is 0 Å². The first-order chi connectivity index (χ1) is 9.71. The molecule has 0 spiro atoms. The summed E-state index contributed by atoms with van der Waals surface area (Å²) in [5.41, 5.74) is 5.57. The molecule has 21 heavy (non-hydrogen) atoms. The molecule has 0 aromatic carbocycles. The summed E-state index contributed by atoms with van der Waals surface area (Å²) in [5, 5.41) is 0. The Balaban J connectivity index is 2.42. The Kier molecular flexibility index (Phi) is 6.50. The van der Waals surface area contributed by atoms with Gasteiger partial charge in [0, 0.05) is 0 Å². The Labute approximate surface area is 133 Å². The minimum Gasteiger partial charge on any atom is -0.0859 e. The van der Waals surface area contributed by atoms with Gasteiger partial charge in [0.05, 0.1) is 0 Å². The molecule has 1 atom stereocenters. The quantitative estimate of drug-likeness (QED) is 0.413. The lowest BCUT2D eigenvalue weighted by molar-refractivity contribution is 0.410. The molecule has 1 aliphatic carbocycles. The van der Waals surface area contributed by atoms with Crippen molar-refractivity contribution in [2.45, 2.75) is 87.0 Å². The number of hydrogen-bond donors (Lipinski definition) is 0. The Morgan fingerprint density at radius 2 is 1.81 bits per heavy atom. The molecule has 1 fully saturated rings. The minimum atomic E-state index is 0.348. The highest BCUT2D eigenvalue weighted by Gasteiger charge is 2.42. The average molecular weight is 289 g/mol. The Morgan fingerprint density at radius 3 is 2.38 bits per heavy atom. The van der Waals surface area contributed by atoms with E-state index in [9.17, 15) is 0 Å². The van der Waals surface area contributed by atoms with E-state index in [-0.39, 0.29) is 0 Å². The van der Waals surface area contributed by atoms with Gasteiger partial charge in [-0.2, -0.15) is 0 Å². The molecule has 0 aromatic rings. The summed E-state index contributed by atoms with van der Waals surface area (Å²) in [6, 6.07) is 0. The first-order valence-electron chi connectivity index (χ1n) is 8.71. The van der Waals surface area contributed by atoms with Gasteiger partial charge in [-0.1, -0.05) is 62.6 Å². The van der Waals surface area contributed by atoms with Crippen LogP contribution in [-0.4, -0.2) is 0 Å². The molecule has 0 bridgehead atoms. The molecular weight excluding hydrogens is 252 g/mol. The van der Waals surface area contributed by atoms with Gasteiger partial charge in [0.1, 0.15) is 0 Å². The molecule has 0 radical (unpaired) electrons. The van der Waals surface area contributed by atoms with Crippen molar-refractivity contribution in [3.8, 4) is 0 Å². The van der Waals surface area contributed by atoms with E-state index in [0.29, 0.717) is 10.8 Å². The predicted molar refractivity (Wildman–Crippen MR) is 96.5 cm³/mol. The van der Waals surface area contributed by atoms with Crippen molar-refractivity contribution < 1.29 is 0 Å². The van der Waals surface area contributed by atoms with E-state index in [2.05, 4.69) is 66.7 Å². The lowest BCUT2D eigenvalue weighted by atomic mass is 9.80. The lowest BCUT2D eigenvalue weighted by Gasteiger charge is -2.25. The highest BCUT2D eigenvalue weighted by atomic mass is 14.5. The zero-order chi connectivity index (χ0) is 16.1. The van der Waals surface area contributed by atoms with Crippen LogP contribution in [0.1, 0.15) is 87.0 Å². The van der Waals surface area contributed by atoms with Gasteiger partial charge in [-0.05, 0) is 70.1 Å². The fourth-order valence-corrected chi connectivity index (χ4v) is 3.01. The van der Waals surface area contributed by atoms with E-state index in [0.717, 1.165) is 6.42 Å². The molecule has 120 valence electrons. The van der Waals surface area contributed by atoms with Gasteiger partial charge >= 0.3 is 0 Å². The monoisotopic (exact) mass is 288 g/mol. The van der Waals surface area contributed by atoms with E-state index in [1.807, 2.05) is 0 Å². The molecule has 1 saturated carbocycles. The second-order valence-electron chi connectivity index (χ2n) is 8.00. The molecule has 1 unspecified atom stereocenters. The van der Waals surface area contributed by atoms with Gasteiger partial charge in [-0.25, -0.2) is 0 Å². The molecule has 0 aliphatic heterocycles. The maximum absolute atomic E-state index is 2.53. The molecule has 0 amide bonds. The van der Waals surface area contributed by atoms with Crippen LogP contribution in [0.2, 0.25) is 0 Å². The normalized spacial score (nSPS) is 24.3. The maximum Gasteiger partial charge on any atom is -0.00758 e. The standard InChI is InChI=1S/C21H36/c1-8-11-18(4)20(5,6)14-10-13-19-16-21(19,7)15-9-12-17(2)3/h11-13H,8-10,14-16H2,1-7H3. The van der Waals surface area contributed by atoms with E-state index >= 15 is 0 Å². The van der Waals surface area contributed by atoms with E-state index in [4.69, 9.17) is 0 Å². The number of allylic oxidation sites excluding steroid dienone is 6. The fraction of sp³-hybridized carbons (Fsp3) is 0.714. The van der Waals surface area contributed by atoms with Crippen LogP contribution >= 0.6 is 0 Å². The van der Waals surface area contributed by atoms with Crippen molar-refractivity contribution in [3.05, 3.63) is 34.9 Å². The van der Waals surface area contributed by atoms with Crippen molar-refractivity contribution in [3.63, 3.8) is 0 Å². The molecule has 1 rings (SSSR count). The number of hydrogen-bond acceptors (Lipinski definition) is 0. The minimum absolute atomic E-state index is 0.348. The Hall–Kier alpha value is -0.780. The second kappa shape index (κ2) is 7.47. The van der Waals surface area contributed by atoms with Gasteiger partial charge < -0.3 is 0 Å². The summed E-state index contributed by atoms with van der Waals surface area (Å²) in [6.07, 6.45) is 14.8. The van der Waals surface area contributed by atoms with Crippen LogP contribution in [0.15, 0.2) is 34.9 Å². The van der Waals surface area contributed by atoms with Gasteiger partial charge in [-0.15, -0.1) is 0 Å². The molecule has 1 aliphatic rings. The molecule has 0 heteroatoms. The van der Waals surface area contributed by atoms with Crippen LogP contribution in [0.5, 0.6) is 0 Å². The van der Waals surface area contributed by atoms with Crippen LogP contribution in [0, 0.1) is 10.8 Å². The smallest absolute Gasteiger partial charge is 0.00758 e. The molecule has 0 aromatic heterocycles. The largest absolute Gasteiger partial charge is 0.0859 e. The molecule has 0 saturated heterocycles. The second-order valence-corrected chi connectivity index (χ2v) is 8.00. The van der Waals surface area contributed by atoms with Crippen molar-refractivity contribution in [2.75, 3.05) is 0 Å². The van der Waals surface area contributed by atoms with Gasteiger partial charge in [0.25, 0.3) is 0 Å². The van der Waals surface area contributed by atoms with Crippen molar-refractivity contribution in [1.29, 1.82) is 0 Å². The van der Waals surface area contributed by atoms with Crippen LogP contribution in [0.25, 0.3) is 0 Å². The highest BCUT2D eigenvalue weighted by molar-refractivity contribution is 5.31. The van der Waals surface area contributed by atoms with E-state index < -0.39 is 0 Å². The predicted octanol–water partition coefficient (Wildman–Crippen LogP) is 7.23. The molecule has 0 heterocycles. The van der Waals surface area contributed by atoms with Crippen molar-refractivity contribution in [2.24, 2.45) is 10.8 Å². The maximum atomic E-state index is 2.53. The highest BCUT2D eigenvalue weighted by Crippen LogP contribution is 2.55. The summed E-state index contributed by atoms with van der Waals surface area (Å²) >= 11 is 0. The van der Waals surface area contributed by atoms with Gasteiger partial charge in [0.2, 0.25) is 0 Å². The summed E-state index contributed by atoms with van der Waals surface area (Å²) in [7, 11) is 0. The van der Waals surface area contributed by atoms with Crippen LogP contribution in [0.3, 0.4) is 0 Å². The topological polar surface area (TPSA) is 0 Å². The zero-order valence-corrected chi connectivity index (χ0v) is 15.5. The first kappa shape index (κ1) is 18.3. The first-order valence-corrected chi connectivity index (χ1v) is 8.71. The van der Waals surface area contributed by atoms with Crippen LogP contribution in [0.4, 0.5) is 0 Å². The Bertz CT molecular complexity index is 427. The summed E-state index contributed by atoms with van der Waals surface area (Å²) in [6.45, 7) is 16.1. The summed E-state index contributed by atoms with van der Waals surface area (Å²) < 4.78 is 0. The summed E-state index contributed by atoms with van der Waals surface area (Å²) in [5.74, 6) is 0. The van der Waals surface area contributed by atoms with E-state index in [1.165, 1.54) is 37.7 Å². The SMILES string of the molecule is CCC=C(C)C(C)(C)CCC=C1CC1(C)CCC=C(C)C. The molecule has 0 N–H and O–H groups in total. The number of rotatable bonds is 8. The average Bonchev–Trinajstić information content (AvgIpc) is 2.99. The van der Waals surface area contributed by atoms with Crippen molar-refractivity contribution >= 4 is 0 Å². The van der Waals surface area contributed by atoms with Crippen LogP contribution in [-0.2, 0) is 0 Å².